The van der Waals surface area contributed by atoms with Gasteiger partial charge in [0.1, 0.15) is 11.6 Å². The molecule has 5 rings (SSSR count). The topological polar surface area (TPSA) is 71.3 Å². The van der Waals surface area contributed by atoms with E-state index in [2.05, 4.69) is 31.9 Å². The quantitative estimate of drug-likeness (QED) is 0.196. The lowest BCUT2D eigenvalue weighted by Crippen LogP contribution is -2.58. The summed E-state index contributed by atoms with van der Waals surface area (Å²) in [6, 6.07) is 9.93. The molecule has 1 saturated heterocycles. The van der Waals surface area contributed by atoms with Crippen LogP contribution in [-0.4, -0.2) is 50.5 Å². The smallest absolute Gasteiger partial charge is 0.347 e. The van der Waals surface area contributed by atoms with Crippen LogP contribution in [0, 0.1) is 5.82 Å². The van der Waals surface area contributed by atoms with Crippen molar-refractivity contribution in [2.75, 3.05) is 18.0 Å². The highest BCUT2D eigenvalue weighted by Gasteiger charge is 2.34. The molecule has 0 aliphatic carbocycles. The second-order valence-corrected chi connectivity index (χ2v) is 12.7. The Labute approximate surface area is 268 Å². The molecule has 1 amide bonds. The molecule has 2 aromatic heterocycles. The first kappa shape index (κ1) is 32.1. The van der Waals surface area contributed by atoms with Gasteiger partial charge in [-0.25, -0.2) is 9.18 Å². The number of pyridine rings is 1. The molecule has 7 nitrogen and oxygen atoms in total. The van der Waals surface area contributed by atoms with Gasteiger partial charge in [0.15, 0.2) is 0 Å². The van der Waals surface area contributed by atoms with Crippen LogP contribution in [0.3, 0.4) is 0 Å². The van der Waals surface area contributed by atoms with E-state index in [0.29, 0.717) is 57.2 Å². The summed E-state index contributed by atoms with van der Waals surface area (Å²) in [7, 11) is 0. The van der Waals surface area contributed by atoms with Crippen molar-refractivity contribution in [3.05, 3.63) is 100.0 Å². The fourth-order valence-corrected chi connectivity index (χ4v) is 6.75. The van der Waals surface area contributed by atoms with Crippen molar-refractivity contribution < 1.29 is 9.18 Å². The fraction of sp³-hybridized carbons (Fsp3) is 0.333. The molecule has 0 bridgehead atoms. The van der Waals surface area contributed by atoms with E-state index in [1.54, 1.807) is 46.0 Å². The van der Waals surface area contributed by atoms with Crippen molar-refractivity contribution in [2.24, 2.45) is 0 Å². The van der Waals surface area contributed by atoms with Crippen LogP contribution < -0.4 is 10.6 Å². The Morgan fingerprint density at radius 2 is 1.76 bits per heavy atom. The molecule has 1 aliphatic heterocycles. The van der Waals surface area contributed by atoms with Gasteiger partial charge in [0.05, 0.1) is 16.9 Å². The molecule has 0 N–H and O–H groups in total. The van der Waals surface area contributed by atoms with Crippen molar-refractivity contribution in [1.29, 1.82) is 0 Å². The molecule has 1 fully saturated rings. The predicted octanol–water partition coefficient (Wildman–Crippen LogP) is 7.74. The minimum Gasteiger partial charge on any atom is -0.347 e. The molecule has 234 valence electrons. The number of carbonyl (C=O) groups is 1. The van der Waals surface area contributed by atoms with Gasteiger partial charge in [0, 0.05) is 52.9 Å². The van der Waals surface area contributed by atoms with E-state index in [1.165, 1.54) is 12.1 Å². The van der Waals surface area contributed by atoms with E-state index >= 15 is 4.39 Å². The number of halogens is 2. The molecule has 9 heteroatoms. The number of hydrogen-bond donors (Lipinski definition) is 0. The number of fused-ring (bicyclic) bond motifs is 1. The zero-order chi connectivity index (χ0) is 32.7. The maximum absolute atomic E-state index is 15.5. The highest BCUT2D eigenvalue weighted by Crippen LogP contribution is 2.40. The number of piperazine rings is 1. The SMILES string of the molecule is C=CC(=O)N1C[C@H](C)N(c2nc(=O)n(-c3c(C(C)C)ccnc3C(C)C)c3cc(-c4c(F)cccc4C=C)c(Cl)cc23)[C@@H](C)C1. The molecular weight excluding hydrogens is 589 g/mol. The molecule has 0 spiro atoms. The largest absolute Gasteiger partial charge is 0.354 e. The van der Waals surface area contributed by atoms with Gasteiger partial charge in [0.2, 0.25) is 5.91 Å². The van der Waals surface area contributed by atoms with Gasteiger partial charge in [0.25, 0.3) is 0 Å². The summed E-state index contributed by atoms with van der Waals surface area (Å²) < 4.78 is 17.1. The first-order valence-corrected chi connectivity index (χ1v) is 15.6. The third-order valence-electron chi connectivity index (χ3n) is 8.52. The van der Waals surface area contributed by atoms with Gasteiger partial charge >= 0.3 is 5.69 Å². The van der Waals surface area contributed by atoms with Gasteiger partial charge in [-0.2, -0.15) is 4.98 Å². The molecule has 0 unspecified atom stereocenters. The average molecular weight is 628 g/mol. The minimum absolute atomic E-state index is 0.00144. The monoisotopic (exact) mass is 627 g/mol. The third-order valence-corrected chi connectivity index (χ3v) is 8.83. The second kappa shape index (κ2) is 12.6. The summed E-state index contributed by atoms with van der Waals surface area (Å²) in [5, 5.41) is 0.944. The summed E-state index contributed by atoms with van der Waals surface area (Å²) >= 11 is 7.00. The lowest BCUT2D eigenvalue weighted by molar-refractivity contribution is -0.127. The number of carbonyl (C=O) groups excluding carboxylic acids is 1. The van der Waals surface area contributed by atoms with Crippen molar-refractivity contribution in [1.82, 2.24) is 19.4 Å². The van der Waals surface area contributed by atoms with E-state index in [4.69, 9.17) is 21.6 Å². The van der Waals surface area contributed by atoms with Crippen LogP contribution in [0.25, 0.3) is 33.8 Å². The van der Waals surface area contributed by atoms with Crippen LogP contribution >= 0.6 is 11.6 Å². The van der Waals surface area contributed by atoms with Gasteiger partial charge in [-0.05, 0) is 67.2 Å². The van der Waals surface area contributed by atoms with Crippen LogP contribution in [0.1, 0.15) is 70.2 Å². The van der Waals surface area contributed by atoms with E-state index in [9.17, 15) is 9.59 Å². The number of nitrogens with zero attached hydrogens (tertiary/aromatic N) is 5. The minimum atomic E-state index is -0.482. The maximum atomic E-state index is 15.5. The summed E-state index contributed by atoms with van der Waals surface area (Å²) in [5.41, 5.74) is 3.74. The van der Waals surface area contributed by atoms with E-state index in [0.717, 1.165) is 11.3 Å². The first-order valence-electron chi connectivity index (χ1n) is 15.3. The van der Waals surface area contributed by atoms with Crippen LogP contribution in [0.5, 0.6) is 0 Å². The van der Waals surface area contributed by atoms with Gasteiger partial charge in [-0.15, -0.1) is 0 Å². The highest BCUT2D eigenvalue weighted by molar-refractivity contribution is 6.34. The lowest BCUT2D eigenvalue weighted by atomic mass is 9.95. The predicted molar refractivity (Wildman–Crippen MR) is 182 cm³/mol. The first-order chi connectivity index (χ1) is 21.4. The van der Waals surface area contributed by atoms with Crippen molar-refractivity contribution >= 4 is 40.3 Å². The van der Waals surface area contributed by atoms with Crippen molar-refractivity contribution in [3.8, 4) is 16.8 Å². The van der Waals surface area contributed by atoms with Gasteiger partial charge in [-0.3, -0.25) is 14.3 Å². The Kier molecular flexibility index (Phi) is 8.99. The molecule has 2 atom stereocenters. The van der Waals surface area contributed by atoms with Gasteiger partial charge < -0.3 is 9.80 Å². The molecule has 4 aromatic rings. The highest BCUT2D eigenvalue weighted by atomic mass is 35.5. The Hall–Kier alpha value is -4.30. The summed E-state index contributed by atoms with van der Waals surface area (Å²) in [6.07, 6.45) is 4.68. The van der Waals surface area contributed by atoms with Crippen LogP contribution in [-0.2, 0) is 4.79 Å². The van der Waals surface area contributed by atoms with Crippen molar-refractivity contribution in [3.63, 3.8) is 0 Å². The fourth-order valence-electron chi connectivity index (χ4n) is 6.50. The molecular formula is C36H39ClFN5O2. The Bertz CT molecular complexity index is 1840. The Balaban J connectivity index is 1.90. The number of aromatic nitrogens is 3. The number of anilines is 1. The lowest BCUT2D eigenvalue weighted by Gasteiger charge is -2.45. The zero-order valence-electron chi connectivity index (χ0n) is 26.6. The standard InChI is InChI=1S/C36H39ClFN5O2/c1-9-24-12-11-13-29(38)32(24)26-17-30-27(16-28(26)37)35(42-22(7)18-41(19-23(42)8)31(44)10-2)40-36(45)43(30)34-25(20(3)4)14-15-39-33(34)21(5)6/h9-17,20-23H,1-2,18-19H2,3-8H3/t22-,23-/m0/s1. The van der Waals surface area contributed by atoms with E-state index in [1.807, 2.05) is 33.8 Å². The third kappa shape index (κ3) is 5.68. The summed E-state index contributed by atoms with van der Waals surface area (Å²) in [4.78, 5) is 40.2. The molecule has 45 heavy (non-hydrogen) atoms. The number of amides is 1. The normalized spacial score (nSPS) is 16.9. The average Bonchev–Trinajstić information content (AvgIpc) is 2.99. The number of rotatable bonds is 7. The molecule has 2 aromatic carbocycles. The molecule has 1 aliphatic rings. The summed E-state index contributed by atoms with van der Waals surface area (Å²) in [5.74, 6) is -0.0562. The maximum Gasteiger partial charge on any atom is 0.354 e. The summed E-state index contributed by atoms with van der Waals surface area (Å²) in [6.45, 7) is 20.6. The van der Waals surface area contributed by atoms with Crippen LogP contribution in [0.15, 0.2) is 66.6 Å². The van der Waals surface area contributed by atoms with E-state index < -0.39 is 11.5 Å². The second-order valence-electron chi connectivity index (χ2n) is 12.3. The molecule has 0 radical (unpaired) electrons. The van der Waals surface area contributed by atoms with Crippen LogP contribution in [0.4, 0.5) is 10.2 Å². The zero-order valence-corrected chi connectivity index (χ0v) is 27.4. The molecule has 3 heterocycles. The number of hydrogen-bond acceptors (Lipinski definition) is 5. The number of benzene rings is 2. The Morgan fingerprint density at radius 3 is 2.36 bits per heavy atom. The molecule has 0 saturated carbocycles. The Morgan fingerprint density at radius 1 is 1.07 bits per heavy atom. The van der Waals surface area contributed by atoms with E-state index in [-0.39, 0.29) is 29.8 Å². The van der Waals surface area contributed by atoms with Crippen molar-refractivity contribution in [2.45, 2.75) is 65.5 Å². The van der Waals surface area contributed by atoms with Gasteiger partial charge in [-0.1, -0.05) is 70.7 Å². The van der Waals surface area contributed by atoms with Crippen LogP contribution in [0.2, 0.25) is 5.02 Å².